The Morgan fingerprint density at radius 3 is 2.07 bits per heavy atom. The van der Waals surface area contributed by atoms with Crippen LogP contribution in [0.25, 0.3) is 0 Å². The molecule has 0 bridgehead atoms. The van der Waals surface area contributed by atoms with Crippen LogP contribution in [0.5, 0.6) is 11.5 Å². The smallest absolute Gasteiger partial charge is 0.256 e. The molecule has 0 aromatic heterocycles. The highest BCUT2D eigenvalue weighted by Gasteiger charge is 2.44. The molecule has 0 spiro atoms. The second-order valence-corrected chi connectivity index (χ2v) is 11.2. The molecule has 43 heavy (non-hydrogen) atoms. The highest BCUT2D eigenvalue weighted by atomic mass is 32.1. The van der Waals surface area contributed by atoms with E-state index >= 15 is 0 Å². The Kier molecular flexibility index (Phi) is 10.2. The van der Waals surface area contributed by atoms with Crippen molar-refractivity contribution in [3.05, 3.63) is 84.4 Å². The lowest BCUT2D eigenvalue weighted by atomic mass is 10.1. The van der Waals surface area contributed by atoms with Gasteiger partial charge in [0.1, 0.15) is 17.5 Å². The standard InChI is InChI=1S/C33H39N5O4S/c1-41-28-13-9-26(10-14-28)34-31(39)23-30-32(40)38(27-11-15-29(42-2)16-12-27)33(43)37(30)18-6-17-35-19-21-36(22-20-35)24-25-7-4-3-5-8-25/h3-5,7-16,30H,6,17-24H2,1-2H3,(H,34,39). The Morgan fingerprint density at radius 1 is 0.837 bits per heavy atom. The van der Waals surface area contributed by atoms with Crippen LogP contribution in [0.1, 0.15) is 18.4 Å². The van der Waals surface area contributed by atoms with Crippen molar-refractivity contribution in [2.75, 3.05) is 63.7 Å². The number of nitrogens with one attached hydrogen (secondary N) is 1. The maximum Gasteiger partial charge on any atom is 0.256 e. The number of rotatable bonds is 12. The number of nitrogens with zero attached hydrogens (tertiary/aromatic N) is 4. The van der Waals surface area contributed by atoms with Gasteiger partial charge in [-0.25, -0.2) is 0 Å². The molecular weight excluding hydrogens is 562 g/mol. The highest BCUT2D eigenvalue weighted by Crippen LogP contribution is 2.29. The molecule has 1 unspecified atom stereocenters. The molecule has 2 fully saturated rings. The van der Waals surface area contributed by atoms with E-state index in [1.807, 2.05) is 17.0 Å². The number of piperazine rings is 1. The van der Waals surface area contributed by atoms with Gasteiger partial charge in [-0.1, -0.05) is 30.3 Å². The number of anilines is 2. The van der Waals surface area contributed by atoms with Crippen molar-refractivity contribution in [1.29, 1.82) is 0 Å². The number of hydrogen-bond donors (Lipinski definition) is 1. The first-order valence-electron chi connectivity index (χ1n) is 14.7. The van der Waals surface area contributed by atoms with Gasteiger partial charge < -0.3 is 24.6 Å². The van der Waals surface area contributed by atoms with Crippen molar-refractivity contribution in [3.63, 3.8) is 0 Å². The zero-order chi connectivity index (χ0) is 30.2. The van der Waals surface area contributed by atoms with E-state index in [1.54, 1.807) is 55.5 Å². The summed E-state index contributed by atoms with van der Waals surface area (Å²) in [5.41, 5.74) is 2.64. The Hall–Kier alpha value is -3.99. The summed E-state index contributed by atoms with van der Waals surface area (Å²) in [6.07, 6.45) is 0.828. The van der Waals surface area contributed by atoms with E-state index in [0.29, 0.717) is 34.5 Å². The van der Waals surface area contributed by atoms with E-state index in [0.717, 1.165) is 45.7 Å². The van der Waals surface area contributed by atoms with Crippen LogP contribution in [0.3, 0.4) is 0 Å². The molecule has 2 aliphatic rings. The van der Waals surface area contributed by atoms with E-state index in [-0.39, 0.29) is 18.2 Å². The lowest BCUT2D eigenvalue weighted by Crippen LogP contribution is -2.47. The fraction of sp³-hybridized carbons (Fsp3) is 0.364. The molecule has 1 N–H and O–H groups in total. The van der Waals surface area contributed by atoms with Gasteiger partial charge in [-0.15, -0.1) is 0 Å². The molecule has 5 rings (SSSR count). The number of hydrogen-bond acceptors (Lipinski definition) is 7. The van der Waals surface area contributed by atoms with Gasteiger partial charge in [-0.05, 0) is 79.3 Å². The van der Waals surface area contributed by atoms with Crippen LogP contribution in [0, 0.1) is 0 Å². The summed E-state index contributed by atoms with van der Waals surface area (Å²) >= 11 is 5.85. The first-order valence-corrected chi connectivity index (χ1v) is 15.1. The van der Waals surface area contributed by atoms with E-state index in [2.05, 4.69) is 45.4 Å². The molecule has 226 valence electrons. The summed E-state index contributed by atoms with van der Waals surface area (Å²) in [7, 11) is 3.19. The lowest BCUT2D eigenvalue weighted by Gasteiger charge is -2.35. The van der Waals surface area contributed by atoms with Gasteiger partial charge in [0.15, 0.2) is 5.11 Å². The number of carbonyl (C=O) groups is 2. The summed E-state index contributed by atoms with van der Waals surface area (Å²) < 4.78 is 10.5. The maximum absolute atomic E-state index is 13.8. The largest absolute Gasteiger partial charge is 0.497 e. The van der Waals surface area contributed by atoms with Crippen molar-refractivity contribution in [3.8, 4) is 11.5 Å². The first-order chi connectivity index (χ1) is 20.9. The van der Waals surface area contributed by atoms with E-state index < -0.39 is 6.04 Å². The third-order valence-corrected chi connectivity index (χ3v) is 8.41. The Morgan fingerprint density at radius 2 is 1.44 bits per heavy atom. The quantitative estimate of drug-likeness (QED) is 0.309. The number of methoxy groups -OCH3 is 2. The number of benzene rings is 3. The van der Waals surface area contributed by atoms with Crippen LogP contribution < -0.4 is 19.7 Å². The van der Waals surface area contributed by atoms with Crippen molar-refractivity contribution < 1.29 is 19.1 Å². The molecule has 2 amide bonds. The van der Waals surface area contributed by atoms with Crippen LogP contribution in [0.2, 0.25) is 0 Å². The Bertz CT molecular complexity index is 1380. The second-order valence-electron chi connectivity index (χ2n) is 10.8. The molecule has 2 heterocycles. The van der Waals surface area contributed by atoms with E-state index in [9.17, 15) is 9.59 Å². The van der Waals surface area contributed by atoms with Crippen LogP contribution in [-0.4, -0.2) is 91.2 Å². The number of amides is 2. The monoisotopic (exact) mass is 601 g/mol. The van der Waals surface area contributed by atoms with Crippen LogP contribution in [0.15, 0.2) is 78.9 Å². The van der Waals surface area contributed by atoms with Gasteiger partial charge in [-0.3, -0.25) is 19.4 Å². The summed E-state index contributed by atoms with van der Waals surface area (Å²) in [6, 6.07) is 24.2. The van der Waals surface area contributed by atoms with Crippen molar-refractivity contribution in [1.82, 2.24) is 14.7 Å². The van der Waals surface area contributed by atoms with E-state index in [4.69, 9.17) is 21.7 Å². The van der Waals surface area contributed by atoms with Crippen molar-refractivity contribution in [2.45, 2.75) is 25.4 Å². The van der Waals surface area contributed by atoms with Gasteiger partial charge in [0, 0.05) is 45.0 Å². The summed E-state index contributed by atoms with van der Waals surface area (Å²) in [5, 5.41) is 3.33. The fourth-order valence-electron chi connectivity index (χ4n) is 5.60. The van der Waals surface area contributed by atoms with Gasteiger partial charge in [0.25, 0.3) is 5.91 Å². The molecule has 1 atom stereocenters. The number of carbonyl (C=O) groups excluding carboxylic acids is 2. The number of ether oxygens (including phenoxy) is 2. The maximum atomic E-state index is 13.8. The molecule has 2 aliphatic heterocycles. The topological polar surface area (TPSA) is 77.6 Å². The minimum Gasteiger partial charge on any atom is -0.497 e. The van der Waals surface area contributed by atoms with Gasteiger partial charge in [0.2, 0.25) is 5.91 Å². The predicted octanol–water partition coefficient (Wildman–Crippen LogP) is 4.24. The normalized spacial score (nSPS) is 17.8. The molecule has 0 saturated carbocycles. The summed E-state index contributed by atoms with van der Waals surface area (Å²) in [6.45, 7) is 6.51. The molecule has 2 saturated heterocycles. The minimum absolute atomic E-state index is 0.00415. The minimum atomic E-state index is -0.685. The van der Waals surface area contributed by atoms with Crippen molar-refractivity contribution >= 4 is 40.5 Å². The first kappa shape index (κ1) is 30.5. The van der Waals surface area contributed by atoms with Crippen LogP contribution in [0.4, 0.5) is 11.4 Å². The van der Waals surface area contributed by atoms with Crippen LogP contribution in [-0.2, 0) is 16.1 Å². The second kappa shape index (κ2) is 14.5. The average molecular weight is 602 g/mol. The van der Waals surface area contributed by atoms with Crippen molar-refractivity contribution in [2.24, 2.45) is 0 Å². The van der Waals surface area contributed by atoms with Gasteiger partial charge in [-0.2, -0.15) is 0 Å². The predicted molar refractivity (Wildman–Crippen MR) is 173 cm³/mol. The third kappa shape index (κ3) is 7.70. The molecule has 3 aromatic rings. The molecule has 3 aromatic carbocycles. The Labute approximate surface area is 259 Å². The van der Waals surface area contributed by atoms with Gasteiger partial charge in [0.05, 0.1) is 26.3 Å². The summed E-state index contributed by atoms with van der Waals surface area (Å²) in [4.78, 5) is 35.3. The number of thiocarbonyl (C=S) groups is 1. The molecule has 9 nitrogen and oxygen atoms in total. The summed E-state index contributed by atoms with van der Waals surface area (Å²) in [5.74, 6) is 0.947. The molecule has 0 radical (unpaired) electrons. The zero-order valence-electron chi connectivity index (χ0n) is 24.8. The Balaban J connectivity index is 1.21. The van der Waals surface area contributed by atoms with Gasteiger partial charge >= 0.3 is 0 Å². The average Bonchev–Trinajstić information content (AvgIpc) is 3.26. The molecule has 10 heteroatoms. The highest BCUT2D eigenvalue weighted by molar-refractivity contribution is 7.80. The zero-order valence-corrected chi connectivity index (χ0v) is 25.6. The fourth-order valence-corrected chi connectivity index (χ4v) is 6.01. The van der Waals surface area contributed by atoms with Crippen LogP contribution >= 0.6 is 12.2 Å². The third-order valence-electron chi connectivity index (χ3n) is 7.99. The molecule has 0 aliphatic carbocycles. The SMILES string of the molecule is COc1ccc(NC(=O)CC2C(=O)N(c3ccc(OC)cc3)C(=S)N2CCCN2CCN(Cc3ccccc3)CC2)cc1. The van der Waals surface area contributed by atoms with E-state index in [1.165, 1.54) is 5.56 Å². The lowest BCUT2D eigenvalue weighted by molar-refractivity contribution is -0.124. The molecular formula is C33H39N5O4S.